The minimum absolute atomic E-state index is 0.0552. The maximum Gasteiger partial charge on any atom is 0.230 e. The molecule has 0 radical (unpaired) electrons. The third kappa shape index (κ3) is 6.59. The normalized spacial score (nSPS) is 11.4. The summed E-state index contributed by atoms with van der Waals surface area (Å²) in [4.78, 5) is 12.5. The molecule has 0 fully saturated rings. The predicted molar refractivity (Wildman–Crippen MR) is 75.6 cm³/mol. The van der Waals surface area contributed by atoms with E-state index in [2.05, 4.69) is 5.32 Å². The van der Waals surface area contributed by atoms with Crippen molar-refractivity contribution in [2.75, 3.05) is 18.9 Å². The van der Waals surface area contributed by atoms with Crippen LogP contribution in [-0.2, 0) is 4.79 Å². The van der Waals surface area contributed by atoms with Crippen LogP contribution in [0.4, 0.5) is 4.39 Å². The standard InChI is InChI=1S/C14H20FNO2S/c1-14(2,7-8-17)10-16-13(18)9-19-12-5-3-11(15)4-6-12/h3-6,17H,7-10H2,1-2H3,(H,16,18). The van der Waals surface area contributed by atoms with Gasteiger partial charge in [-0.05, 0) is 36.1 Å². The molecule has 0 aromatic heterocycles. The Balaban J connectivity index is 2.30. The van der Waals surface area contributed by atoms with Crippen molar-refractivity contribution in [1.82, 2.24) is 5.32 Å². The smallest absolute Gasteiger partial charge is 0.230 e. The molecule has 0 heterocycles. The number of aliphatic hydroxyl groups excluding tert-OH is 1. The van der Waals surface area contributed by atoms with Crippen molar-refractivity contribution in [3.8, 4) is 0 Å². The first-order chi connectivity index (χ1) is 8.93. The Morgan fingerprint density at radius 2 is 2.00 bits per heavy atom. The third-order valence-electron chi connectivity index (χ3n) is 2.74. The minimum atomic E-state index is -0.278. The molecule has 2 N–H and O–H groups in total. The van der Waals surface area contributed by atoms with Crippen molar-refractivity contribution in [2.45, 2.75) is 25.2 Å². The van der Waals surface area contributed by atoms with Crippen LogP contribution in [0.2, 0.25) is 0 Å². The van der Waals surface area contributed by atoms with Crippen LogP contribution in [0.5, 0.6) is 0 Å². The molecule has 1 aromatic carbocycles. The topological polar surface area (TPSA) is 49.3 Å². The SMILES string of the molecule is CC(C)(CCO)CNC(=O)CSc1ccc(F)cc1. The van der Waals surface area contributed by atoms with Crippen LogP contribution in [0.15, 0.2) is 29.2 Å². The highest BCUT2D eigenvalue weighted by atomic mass is 32.2. The van der Waals surface area contributed by atoms with E-state index in [9.17, 15) is 9.18 Å². The molecule has 5 heteroatoms. The van der Waals surface area contributed by atoms with Crippen LogP contribution in [-0.4, -0.2) is 29.9 Å². The van der Waals surface area contributed by atoms with Gasteiger partial charge in [-0.3, -0.25) is 4.79 Å². The lowest BCUT2D eigenvalue weighted by molar-refractivity contribution is -0.119. The second-order valence-electron chi connectivity index (χ2n) is 5.16. The van der Waals surface area contributed by atoms with Gasteiger partial charge in [0.05, 0.1) is 5.75 Å². The first-order valence-electron chi connectivity index (χ1n) is 6.19. The van der Waals surface area contributed by atoms with Gasteiger partial charge in [0.2, 0.25) is 5.91 Å². The lowest BCUT2D eigenvalue weighted by Crippen LogP contribution is -2.35. The molecule has 0 atom stereocenters. The van der Waals surface area contributed by atoms with Gasteiger partial charge in [-0.15, -0.1) is 11.8 Å². The molecular formula is C14H20FNO2S. The van der Waals surface area contributed by atoms with E-state index < -0.39 is 0 Å². The zero-order valence-corrected chi connectivity index (χ0v) is 12.1. The fourth-order valence-electron chi connectivity index (χ4n) is 1.46. The molecule has 0 bridgehead atoms. The summed E-state index contributed by atoms with van der Waals surface area (Å²) >= 11 is 1.37. The van der Waals surface area contributed by atoms with Gasteiger partial charge < -0.3 is 10.4 Å². The molecule has 3 nitrogen and oxygen atoms in total. The number of hydrogen-bond donors (Lipinski definition) is 2. The summed E-state index contributed by atoms with van der Waals surface area (Å²) in [5.74, 6) is -0.0270. The molecule has 0 aliphatic rings. The maximum atomic E-state index is 12.7. The van der Waals surface area contributed by atoms with Crippen LogP contribution in [0.25, 0.3) is 0 Å². The van der Waals surface area contributed by atoms with E-state index in [1.807, 2.05) is 13.8 Å². The number of amides is 1. The number of halogens is 1. The number of rotatable bonds is 7. The van der Waals surface area contributed by atoms with E-state index in [1.165, 1.54) is 23.9 Å². The summed E-state index contributed by atoms with van der Waals surface area (Å²) in [6.07, 6.45) is 0.651. The van der Waals surface area contributed by atoms with E-state index in [4.69, 9.17) is 5.11 Å². The van der Waals surface area contributed by atoms with E-state index in [0.29, 0.717) is 18.7 Å². The highest BCUT2D eigenvalue weighted by molar-refractivity contribution is 8.00. The molecule has 0 spiro atoms. The van der Waals surface area contributed by atoms with E-state index in [1.54, 1.807) is 12.1 Å². The summed E-state index contributed by atoms with van der Waals surface area (Å²) in [5.41, 5.74) is -0.106. The Bertz CT molecular complexity index is 406. The van der Waals surface area contributed by atoms with Gasteiger partial charge in [0.15, 0.2) is 0 Å². The average Bonchev–Trinajstić information content (AvgIpc) is 2.36. The van der Waals surface area contributed by atoms with Gasteiger partial charge in [0, 0.05) is 18.0 Å². The van der Waals surface area contributed by atoms with Crippen molar-refractivity contribution in [3.63, 3.8) is 0 Å². The lowest BCUT2D eigenvalue weighted by Gasteiger charge is -2.23. The van der Waals surface area contributed by atoms with Crippen molar-refractivity contribution in [3.05, 3.63) is 30.1 Å². The number of benzene rings is 1. The molecule has 106 valence electrons. The second-order valence-corrected chi connectivity index (χ2v) is 6.21. The molecule has 0 aliphatic heterocycles. The summed E-state index contributed by atoms with van der Waals surface area (Å²) in [6, 6.07) is 6.07. The Kier molecular flexibility index (Phi) is 6.31. The Hall–Kier alpha value is -1.07. The molecule has 1 aromatic rings. The second kappa shape index (κ2) is 7.50. The first kappa shape index (κ1) is 16.0. The van der Waals surface area contributed by atoms with Gasteiger partial charge in [-0.25, -0.2) is 4.39 Å². The highest BCUT2D eigenvalue weighted by Gasteiger charge is 2.17. The summed E-state index contributed by atoms with van der Waals surface area (Å²) in [5, 5.41) is 11.7. The number of thioether (sulfide) groups is 1. The van der Waals surface area contributed by atoms with Crippen LogP contribution < -0.4 is 5.32 Å². The molecule has 0 saturated heterocycles. The Morgan fingerprint density at radius 1 is 1.37 bits per heavy atom. The van der Waals surface area contributed by atoms with Crippen molar-refractivity contribution in [2.24, 2.45) is 5.41 Å². The fraction of sp³-hybridized carbons (Fsp3) is 0.500. The van der Waals surface area contributed by atoms with Crippen molar-refractivity contribution >= 4 is 17.7 Å². The maximum absolute atomic E-state index is 12.7. The number of nitrogens with one attached hydrogen (secondary N) is 1. The van der Waals surface area contributed by atoms with Crippen LogP contribution in [0, 0.1) is 11.2 Å². The molecule has 1 rings (SSSR count). The first-order valence-corrected chi connectivity index (χ1v) is 7.17. The number of aliphatic hydroxyl groups is 1. The lowest BCUT2D eigenvalue weighted by atomic mass is 9.90. The summed E-state index contributed by atoms with van der Waals surface area (Å²) in [6.45, 7) is 4.65. The quantitative estimate of drug-likeness (QED) is 0.757. The monoisotopic (exact) mass is 285 g/mol. The van der Waals surface area contributed by atoms with Gasteiger partial charge >= 0.3 is 0 Å². The van der Waals surface area contributed by atoms with E-state index in [0.717, 1.165) is 4.90 Å². The van der Waals surface area contributed by atoms with Crippen molar-refractivity contribution < 1.29 is 14.3 Å². The zero-order chi connectivity index (χ0) is 14.3. The van der Waals surface area contributed by atoms with E-state index >= 15 is 0 Å². The Labute approximate surface area is 117 Å². The number of carbonyl (C=O) groups is 1. The molecule has 19 heavy (non-hydrogen) atoms. The van der Waals surface area contributed by atoms with Gasteiger partial charge in [0.25, 0.3) is 0 Å². The molecule has 0 unspecified atom stereocenters. The van der Waals surface area contributed by atoms with E-state index in [-0.39, 0.29) is 23.7 Å². The summed E-state index contributed by atoms with van der Waals surface area (Å²) in [7, 11) is 0. The van der Waals surface area contributed by atoms with Gasteiger partial charge in [-0.1, -0.05) is 13.8 Å². The van der Waals surface area contributed by atoms with Gasteiger partial charge in [-0.2, -0.15) is 0 Å². The largest absolute Gasteiger partial charge is 0.396 e. The summed E-state index contributed by atoms with van der Waals surface area (Å²) < 4.78 is 12.7. The minimum Gasteiger partial charge on any atom is -0.396 e. The predicted octanol–water partition coefficient (Wildman–Crippen LogP) is 2.44. The molecular weight excluding hydrogens is 265 g/mol. The molecule has 0 saturated carbocycles. The average molecular weight is 285 g/mol. The van der Waals surface area contributed by atoms with Gasteiger partial charge in [0.1, 0.15) is 5.82 Å². The third-order valence-corrected chi connectivity index (χ3v) is 3.75. The zero-order valence-electron chi connectivity index (χ0n) is 11.3. The molecule has 0 aliphatic carbocycles. The van der Waals surface area contributed by atoms with Crippen LogP contribution in [0.1, 0.15) is 20.3 Å². The number of carbonyl (C=O) groups excluding carboxylic acids is 1. The van der Waals surface area contributed by atoms with Crippen molar-refractivity contribution in [1.29, 1.82) is 0 Å². The number of hydrogen-bond acceptors (Lipinski definition) is 3. The fourth-order valence-corrected chi connectivity index (χ4v) is 2.19. The van der Waals surface area contributed by atoms with Crippen LogP contribution in [0.3, 0.4) is 0 Å². The highest BCUT2D eigenvalue weighted by Crippen LogP contribution is 2.19. The Morgan fingerprint density at radius 3 is 2.58 bits per heavy atom. The molecule has 1 amide bonds. The van der Waals surface area contributed by atoms with Crippen LogP contribution >= 0.6 is 11.8 Å².